The van der Waals surface area contributed by atoms with Crippen LogP contribution in [0.15, 0.2) is 18.3 Å². The summed E-state index contributed by atoms with van der Waals surface area (Å²) in [6, 6.07) is 3.96. The molecule has 2 atom stereocenters. The van der Waals surface area contributed by atoms with Gasteiger partial charge in [0.2, 0.25) is 0 Å². The van der Waals surface area contributed by atoms with E-state index in [9.17, 15) is 4.79 Å². The SMILES string of the molecule is CCNc1ncccc1C(=O)NC1CCCC(CC)C1. The van der Waals surface area contributed by atoms with Gasteiger partial charge >= 0.3 is 0 Å². The Kier molecular flexibility index (Phi) is 5.39. The van der Waals surface area contributed by atoms with Crippen molar-refractivity contribution < 1.29 is 4.79 Å². The van der Waals surface area contributed by atoms with Crippen molar-refractivity contribution in [1.29, 1.82) is 0 Å². The molecule has 0 aromatic carbocycles. The Bertz CT molecular complexity index is 447. The molecule has 1 aliphatic rings. The maximum atomic E-state index is 12.4. The zero-order valence-electron chi connectivity index (χ0n) is 12.5. The molecule has 1 aromatic rings. The Morgan fingerprint density at radius 2 is 2.25 bits per heavy atom. The summed E-state index contributed by atoms with van der Waals surface area (Å²) in [6.07, 6.45) is 7.65. The topological polar surface area (TPSA) is 54.0 Å². The highest BCUT2D eigenvalue weighted by atomic mass is 16.1. The molecule has 1 fully saturated rings. The molecule has 0 saturated heterocycles. The summed E-state index contributed by atoms with van der Waals surface area (Å²) in [7, 11) is 0. The number of hydrogen-bond acceptors (Lipinski definition) is 3. The summed E-state index contributed by atoms with van der Waals surface area (Å²) in [5.74, 6) is 1.43. The zero-order chi connectivity index (χ0) is 14.4. The van der Waals surface area contributed by atoms with Crippen LogP contribution in [0.1, 0.15) is 56.3 Å². The van der Waals surface area contributed by atoms with Gasteiger partial charge in [-0.15, -0.1) is 0 Å². The van der Waals surface area contributed by atoms with Gasteiger partial charge in [-0.2, -0.15) is 0 Å². The number of carbonyl (C=O) groups excluding carboxylic acids is 1. The molecule has 20 heavy (non-hydrogen) atoms. The van der Waals surface area contributed by atoms with E-state index in [2.05, 4.69) is 22.5 Å². The first-order valence-corrected chi connectivity index (χ1v) is 7.74. The Morgan fingerprint density at radius 1 is 1.40 bits per heavy atom. The van der Waals surface area contributed by atoms with Crippen molar-refractivity contribution in [2.45, 2.75) is 52.0 Å². The number of nitrogens with zero attached hydrogens (tertiary/aromatic N) is 1. The van der Waals surface area contributed by atoms with E-state index in [1.807, 2.05) is 19.1 Å². The van der Waals surface area contributed by atoms with Gasteiger partial charge in [-0.25, -0.2) is 4.98 Å². The highest BCUT2D eigenvalue weighted by Crippen LogP contribution is 2.26. The quantitative estimate of drug-likeness (QED) is 0.867. The van der Waals surface area contributed by atoms with Crippen molar-refractivity contribution in [3.8, 4) is 0 Å². The van der Waals surface area contributed by atoms with Gasteiger partial charge in [0.05, 0.1) is 5.56 Å². The van der Waals surface area contributed by atoms with Crippen LogP contribution in [0.2, 0.25) is 0 Å². The summed E-state index contributed by atoms with van der Waals surface area (Å²) >= 11 is 0. The second kappa shape index (κ2) is 7.27. The number of amides is 1. The number of hydrogen-bond donors (Lipinski definition) is 2. The number of nitrogens with one attached hydrogen (secondary N) is 2. The van der Waals surface area contributed by atoms with E-state index < -0.39 is 0 Å². The van der Waals surface area contributed by atoms with Gasteiger partial charge in [0, 0.05) is 18.8 Å². The van der Waals surface area contributed by atoms with Gasteiger partial charge in [-0.3, -0.25) is 4.79 Å². The Hall–Kier alpha value is -1.58. The molecule has 110 valence electrons. The normalized spacial score (nSPS) is 22.3. The van der Waals surface area contributed by atoms with Crippen LogP contribution in [-0.2, 0) is 0 Å². The van der Waals surface area contributed by atoms with Crippen LogP contribution >= 0.6 is 0 Å². The van der Waals surface area contributed by atoms with Crippen LogP contribution in [-0.4, -0.2) is 23.5 Å². The van der Waals surface area contributed by atoms with Crippen molar-refractivity contribution >= 4 is 11.7 Å². The first kappa shape index (κ1) is 14.8. The van der Waals surface area contributed by atoms with Gasteiger partial charge in [-0.05, 0) is 37.8 Å². The molecule has 2 N–H and O–H groups in total. The second-order valence-corrected chi connectivity index (χ2v) is 5.54. The van der Waals surface area contributed by atoms with Crippen LogP contribution in [0.25, 0.3) is 0 Å². The first-order chi connectivity index (χ1) is 9.74. The van der Waals surface area contributed by atoms with E-state index in [-0.39, 0.29) is 5.91 Å². The molecule has 0 bridgehead atoms. The molecule has 1 amide bonds. The number of pyridine rings is 1. The number of rotatable bonds is 5. The van der Waals surface area contributed by atoms with Crippen molar-refractivity contribution in [2.24, 2.45) is 5.92 Å². The number of anilines is 1. The molecule has 4 nitrogen and oxygen atoms in total. The summed E-state index contributed by atoms with van der Waals surface area (Å²) < 4.78 is 0. The Labute approximate surface area is 121 Å². The van der Waals surface area contributed by atoms with E-state index in [4.69, 9.17) is 0 Å². The van der Waals surface area contributed by atoms with Gasteiger partial charge < -0.3 is 10.6 Å². The molecule has 0 radical (unpaired) electrons. The molecule has 0 spiro atoms. The summed E-state index contributed by atoms with van der Waals surface area (Å²) in [5.41, 5.74) is 0.646. The van der Waals surface area contributed by atoms with Crippen molar-refractivity contribution in [2.75, 3.05) is 11.9 Å². The van der Waals surface area contributed by atoms with E-state index in [1.54, 1.807) is 6.20 Å². The van der Waals surface area contributed by atoms with Crippen LogP contribution in [0, 0.1) is 5.92 Å². The molecule has 4 heteroatoms. The van der Waals surface area contributed by atoms with Crippen LogP contribution in [0.5, 0.6) is 0 Å². The van der Waals surface area contributed by atoms with E-state index >= 15 is 0 Å². The third-order valence-electron chi connectivity index (χ3n) is 4.09. The number of aromatic nitrogens is 1. The minimum absolute atomic E-state index is 0.00389. The highest BCUT2D eigenvalue weighted by molar-refractivity contribution is 5.98. The van der Waals surface area contributed by atoms with Crippen molar-refractivity contribution in [3.05, 3.63) is 23.9 Å². The van der Waals surface area contributed by atoms with E-state index in [0.717, 1.165) is 25.3 Å². The monoisotopic (exact) mass is 275 g/mol. The number of carbonyl (C=O) groups is 1. The maximum Gasteiger partial charge on any atom is 0.255 e. The molecular formula is C16H25N3O. The first-order valence-electron chi connectivity index (χ1n) is 7.74. The fraction of sp³-hybridized carbons (Fsp3) is 0.625. The van der Waals surface area contributed by atoms with Crippen LogP contribution in [0.4, 0.5) is 5.82 Å². The molecule has 1 heterocycles. The summed E-state index contributed by atoms with van der Waals surface area (Å²) in [6.45, 7) is 5.00. The lowest BCUT2D eigenvalue weighted by atomic mass is 9.84. The van der Waals surface area contributed by atoms with Gasteiger partial charge in [0.25, 0.3) is 5.91 Å². The predicted octanol–water partition coefficient (Wildman–Crippen LogP) is 3.21. The smallest absolute Gasteiger partial charge is 0.255 e. The molecule has 1 aliphatic carbocycles. The van der Waals surface area contributed by atoms with Crippen LogP contribution in [0.3, 0.4) is 0 Å². The standard InChI is InChI=1S/C16H25N3O/c1-3-12-7-5-8-13(11-12)19-16(20)14-9-6-10-18-15(14)17-4-2/h6,9-10,12-13H,3-5,7-8,11H2,1-2H3,(H,17,18)(H,19,20). The van der Waals surface area contributed by atoms with Gasteiger partial charge in [0.15, 0.2) is 0 Å². The average Bonchev–Trinajstić information content (AvgIpc) is 2.48. The van der Waals surface area contributed by atoms with Crippen molar-refractivity contribution in [3.63, 3.8) is 0 Å². The fourth-order valence-electron chi connectivity index (χ4n) is 2.95. The molecule has 1 saturated carbocycles. The predicted molar refractivity (Wildman–Crippen MR) is 81.9 cm³/mol. The highest BCUT2D eigenvalue weighted by Gasteiger charge is 2.23. The minimum atomic E-state index is -0.00389. The maximum absolute atomic E-state index is 12.4. The van der Waals surface area contributed by atoms with Crippen LogP contribution < -0.4 is 10.6 Å². The third kappa shape index (κ3) is 3.71. The van der Waals surface area contributed by atoms with Gasteiger partial charge in [-0.1, -0.05) is 26.2 Å². The molecule has 0 aliphatic heterocycles. The fourth-order valence-corrected chi connectivity index (χ4v) is 2.95. The third-order valence-corrected chi connectivity index (χ3v) is 4.09. The van der Waals surface area contributed by atoms with E-state index in [1.165, 1.54) is 19.3 Å². The lowest BCUT2D eigenvalue weighted by Gasteiger charge is -2.29. The summed E-state index contributed by atoms with van der Waals surface area (Å²) in [4.78, 5) is 16.7. The van der Waals surface area contributed by atoms with E-state index in [0.29, 0.717) is 17.4 Å². The molecule has 2 unspecified atom stereocenters. The molecule has 2 rings (SSSR count). The minimum Gasteiger partial charge on any atom is -0.370 e. The molecule has 1 aromatic heterocycles. The lowest BCUT2D eigenvalue weighted by molar-refractivity contribution is 0.0919. The Morgan fingerprint density at radius 3 is 3.00 bits per heavy atom. The molecular weight excluding hydrogens is 250 g/mol. The summed E-state index contributed by atoms with van der Waals surface area (Å²) in [5, 5.41) is 6.32. The Balaban J connectivity index is 2.01. The lowest BCUT2D eigenvalue weighted by Crippen LogP contribution is -2.38. The van der Waals surface area contributed by atoms with Crippen molar-refractivity contribution in [1.82, 2.24) is 10.3 Å². The second-order valence-electron chi connectivity index (χ2n) is 5.54. The van der Waals surface area contributed by atoms with Gasteiger partial charge in [0.1, 0.15) is 5.82 Å². The largest absolute Gasteiger partial charge is 0.370 e. The average molecular weight is 275 g/mol. The zero-order valence-corrected chi connectivity index (χ0v) is 12.5.